The molecule has 0 unspecified atom stereocenters. The first kappa shape index (κ1) is 15.3. The average Bonchev–Trinajstić information content (AvgIpc) is 2.45. The summed E-state index contributed by atoms with van der Waals surface area (Å²) in [5.41, 5.74) is 3.19. The van der Waals surface area contributed by atoms with Crippen molar-refractivity contribution < 1.29 is 18.0 Å². The maximum absolute atomic E-state index is 12.6. The van der Waals surface area contributed by atoms with Gasteiger partial charge in [-0.1, -0.05) is 31.4 Å². The third-order valence-corrected chi connectivity index (χ3v) is 3.96. The van der Waals surface area contributed by atoms with Crippen LogP contribution < -0.4 is 5.48 Å². The summed E-state index contributed by atoms with van der Waals surface area (Å²) in [6, 6.07) is 5.34. The van der Waals surface area contributed by atoms with E-state index in [0.717, 1.165) is 30.5 Å². The first-order valence-electron chi connectivity index (χ1n) is 6.98. The molecule has 2 rings (SSSR count). The lowest BCUT2D eigenvalue weighted by Gasteiger charge is -2.30. The molecule has 0 aliphatic heterocycles. The lowest BCUT2D eigenvalue weighted by molar-refractivity contribution is -0.137. The number of hydroxylamine groups is 1. The molecule has 0 heterocycles. The number of benzene rings is 1. The van der Waals surface area contributed by atoms with Crippen LogP contribution in [0.15, 0.2) is 24.3 Å². The van der Waals surface area contributed by atoms with Crippen LogP contribution in [0.1, 0.15) is 49.3 Å². The Bertz CT molecular complexity index is 410. The van der Waals surface area contributed by atoms with E-state index in [0.29, 0.717) is 5.92 Å². The molecule has 20 heavy (non-hydrogen) atoms. The molecule has 1 saturated carbocycles. The Labute approximate surface area is 117 Å². The lowest BCUT2D eigenvalue weighted by Crippen LogP contribution is -2.29. The summed E-state index contributed by atoms with van der Waals surface area (Å²) in [5.74, 6) is 0.417. The van der Waals surface area contributed by atoms with Gasteiger partial charge in [-0.05, 0) is 36.5 Å². The molecular weight excluding hydrogens is 267 g/mol. The average molecular weight is 287 g/mol. The Morgan fingerprint density at radius 2 is 1.70 bits per heavy atom. The highest BCUT2D eigenvalue weighted by Gasteiger charge is 2.31. The van der Waals surface area contributed by atoms with Crippen molar-refractivity contribution in [3.8, 4) is 0 Å². The van der Waals surface area contributed by atoms with Gasteiger partial charge in [-0.3, -0.25) is 0 Å². The maximum Gasteiger partial charge on any atom is 0.416 e. The van der Waals surface area contributed by atoms with Crippen molar-refractivity contribution in [1.29, 1.82) is 0 Å². The normalized spacial score (nSPS) is 19.0. The standard InChI is InChI=1S/C15H20F3NO/c1-20-19-14(11-5-3-2-4-6-11)12-7-9-13(10-8-12)15(16,17)18/h7-11,14,19H,2-6H2,1H3/t14-/m1/s1. The summed E-state index contributed by atoms with van der Waals surface area (Å²) in [4.78, 5) is 5.04. The molecule has 0 radical (unpaired) electrons. The van der Waals surface area contributed by atoms with Crippen LogP contribution in [0.5, 0.6) is 0 Å². The zero-order valence-corrected chi connectivity index (χ0v) is 11.5. The quantitative estimate of drug-likeness (QED) is 0.824. The highest BCUT2D eigenvalue weighted by Crippen LogP contribution is 2.36. The van der Waals surface area contributed by atoms with Gasteiger partial charge in [0.15, 0.2) is 0 Å². The number of alkyl halides is 3. The second-order valence-electron chi connectivity index (χ2n) is 5.32. The van der Waals surface area contributed by atoms with Gasteiger partial charge in [0.1, 0.15) is 0 Å². The monoisotopic (exact) mass is 287 g/mol. The number of halogens is 3. The van der Waals surface area contributed by atoms with Gasteiger partial charge < -0.3 is 4.84 Å². The minimum Gasteiger partial charge on any atom is -0.305 e. The van der Waals surface area contributed by atoms with Crippen molar-refractivity contribution in [2.45, 2.75) is 44.3 Å². The minimum absolute atomic E-state index is 0.0393. The van der Waals surface area contributed by atoms with E-state index in [2.05, 4.69) is 5.48 Å². The summed E-state index contributed by atoms with van der Waals surface area (Å²) < 4.78 is 37.7. The van der Waals surface area contributed by atoms with E-state index in [4.69, 9.17) is 4.84 Å². The fraction of sp³-hybridized carbons (Fsp3) is 0.600. The summed E-state index contributed by atoms with van der Waals surface area (Å²) in [7, 11) is 1.54. The second kappa shape index (κ2) is 6.59. The van der Waals surface area contributed by atoms with Crippen molar-refractivity contribution >= 4 is 0 Å². The molecule has 1 aromatic carbocycles. The highest BCUT2D eigenvalue weighted by molar-refractivity contribution is 5.27. The number of hydrogen-bond donors (Lipinski definition) is 1. The predicted octanol–water partition coefficient (Wildman–Crippen LogP) is 4.48. The maximum atomic E-state index is 12.6. The summed E-state index contributed by atoms with van der Waals surface area (Å²) >= 11 is 0. The van der Waals surface area contributed by atoms with Gasteiger partial charge in [0.25, 0.3) is 0 Å². The summed E-state index contributed by atoms with van der Waals surface area (Å²) in [6.45, 7) is 0. The van der Waals surface area contributed by atoms with E-state index < -0.39 is 11.7 Å². The molecule has 1 aromatic rings. The predicted molar refractivity (Wildman–Crippen MR) is 70.9 cm³/mol. The van der Waals surface area contributed by atoms with E-state index >= 15 is 0 Å². The zero-order valence-electron chi connectivity index (χ0n) is 11.5. The van der Waals surface area contributed by atoms with E-state index in [1.54, 1.807) is 19.2 Å². The Balaban J connectivity index is 2.16. The molecule has 2 nitrogen and oxygen atoms in total. The highest BCUT2D eigenvalue weighted by atomic mass is 19.4. The number of rotatable bonds is 4. The van der Waals surface area contributed by atoms with Gasteiger partial charge >= 0.3 is 6.18 Å². The van der Waals surface area contributed by atoms with E-state index in [-0.39, 0.29) is 6.04 Å². The SMILES string of the molecule is CON[C@@H](c1ccc(C(F)(F)F)cc1)C1CCCCC1. The number of nitrogens with one attached hydrogen (secondary N) is 1. The zero-order chi connectivity index (χ0) is 14.6. The first-order valence-corrected chi connectivity index (χ1v) is 6.98. The smallest absolute Gasteiger partial charge is 0.305 e. The summed E-state index contributed by atoms with van der Waals surface area (Å²) in [6.07, 6.45) is 1.47. The van der Waals surface area contributed by atoms with E-state index in [1.165, 1.54) is 19.3 Å². The molecule has 0 amide bonds. The van der Waals surface area contributed by atoms with Crippen LogP contribution in [-0.2, 0) is 11.0 Å². The molecule has 1 atom stereocenters. The third kappa shape index (κ3) is 3.73. The van der Waals surface area contributed by atoms with Crippen LogP contribution in [0.2, 0.25) is 0 Å². The molecule has 0 spiro atoms. The van der Waals surface area contributed by atoms with E-state index in [9.17, 15) is 13.2 Å². The van der Waals surface area contributed by atoms with Gasteiger partial charge in [-0.2, -0.15) is 18.7 Å². The Morgan fingerprint density at radius 3 is 2.20 bits per heavy atom. The van der Waals surface area contributed by atoms with Crippen molar-refractivity contribution in [3.63, 3.8) is 0 Å². The first-order chi connectivity index (χ1) is 9.52. The Morgan fingerprint density at radius 1 is 1.10 bits per heavy atom. The molecule has 1 aliphatic rings. The molecule has 1 aliphatic carbocycles. The Hall–Kier alpha value is -1.07. The van der Waals surface area contributed by atoms with Crippen molar-refractivity contribution in [2.75, 3.05) is 7.11 Å². The fourth-order valence-electron chi connectivity index (χ4n) is 2.91. The van der Waals surface area contributed by atoms with Gasteiger partial charge in [0, 0.05) is 0 Å². The van der Waals surface area contributed by atoms with Crippen LogP contribution in [0.4, 0.5) is 13.2 Å². The van der Waals surface area contributed by atoms with Gasteiger partial charge in [-0.25, -0.2) is 0 Å². The summed E-state index contributed by atoms with van der Waals surface area (Å²) in [5, 5.41) is 0. The Kier molecular flexibility index (Phi) is 5.05. The van der Waals surface area contributed by atoms with Crippen LogP contribution in [0, 0.1) is 5.92 Å². The van der Waals surface area contributed by atoms with Crippen LogP contribution in [0.25, 0.3) is 0 Å². The van der Waals surface area contributed by atoms with Crippen molar-refractivity contribution in [2.24, 2.45) is 5.92 Å². The van der Waals surface area contributed by atoms with Gasteiger partial charge in [0.05, 0.1) is 18.7 Å². The molecule has 112 valence electrons. The van der Waals surface area contributed by atoms with E-state index in [1.807, 2.05) is 0 Å². The lowest BCUT2D eigenvalue weighted by atomic mass is 9.81. The third-order valence-electron chi connectivity index (χ3n) is 3.96. The molecule has 5 heteroatoms. The van der Waals surface area contributed by atoms with Crippen LogP contribution >= 0.6 is 0 Å². The van der Waals surface area contributed by atoms with Crippen molar-refractivity contribution in [1.82, 2.24) is 5.48 Å². The van der Waals surface area contributed by atoms with Crippen LogP contribution in [-0.4, -0.2) is 7.11 Å². The molecule has 0 aromatic heterocycles. The van der Waals surface area contributed by atoms with Crippen LogP contribution in [0.3, 0.4) is 0 Å². The van der Waals surface area contributed by atoms with Gasteiger partial charge in [0.2, 0.25) is 0 Å². The topological polar surface area (TPSA) is 21.3 Å². The fourth-order valence-corrected chi connectivity index (χ4v) is 2.91. The van der Waals surface area contributed by atoms with Gasteiger partial charge in [-0.15, -0.1) is 0 Å². The van der Waals surface area contributed by atoms with Crippen molar-refractivity contribution in [3.05, 3.63) is 35.4 Å². The minimum atomic E-state index is -4.28. The molecule has 1 N–H and O–H groups in total. The second-order valence-corrected chi connectivity index (χ2v) is 5.32. The molecule has 0 bridgehead atoms. The molecular formula is C15H20F3NO. The number of hydrogen-bond acceptors (Lipinski definition) is 2. The molecule has 1 fully saturated rings. The molecule has 0 saturated heterocycles. The largest absolute Gasteiger partial charge is 0.416 e.